The highest BCUT2D eigenvalue weighted by Gasteiger charge is 2.41. The van der Waals surface area contributed by atoms with E-state index in [0.717, 1.165) is 0 Å². The standard InChI is InChI=1S/C6H7Cl3O4/c1-2-12-5(11)4(13-3-10)6(7,8)9/h3-4H,2H2,1H3. The lowest BCUT2D eigenvalue weighted by molar-refractivity contribution is -0.160. The first-order valence-corrected chi connectivity index (χ1v) is 4.39. The van der Waals surface area contributed by atoms with Crippen molar-refractivity contribution in [1.82, 2.24) is 0 Å². The Labute approximate surface area is 90.0 Å². The second kappa shape index (κ2) is 5.52. The van der Waals surface area contributed by atoms with Gasteiger partial charge in [-0.3, -0.25) is 4.79 Å². The molecule has 13 heavy (non-hydrogen) atoms. The SMILES string of the molecule is CCOC(=O)C(OC=O)C(Cl)(Cl)Cl. The molecular formula is C6H7Cl3O4. The molecule has 0 aromatic carbocycles. The van der Waals surface area contributed by atoms with Gasteiger partial charge in [0.15, 0.2) is 0 Å². The summed E-state index contributed by atoms with van der Waals surface area (Å²) < 4.78 is 6.76. The van der Waals surface area contributed by atoms with Gasteiger partial charge in [0.1, 0.15) is 0 Å². The van der Waals surface area contributed by atoms with Crippen molar-refractivity contribution in [3.05, 3.63) is 0 Å². The summed E-state index contributed by atoms with van der Waals surface area (Å²) in [5.41, 5.74) is 0. The first-order valence-electron chi connectivity index (χ1n) is 3.26. The molecule has 0 fully saturated rings. The van der Waals surface area contributed by atoms with E-state index in [2.05, 4.69) is 9.47 Å². The number of carbonyl (C=O) groups excluding carboxylic acids is 2. The fraction of sp³-hybridized carbons (Fsp3) is 0.667. The number of alkyl halides is 3. The predicted molar refractivity (Wildman–Crippen MR) is 47.9 cm³/mol. The van der Waals surface area contributed by atoms with E-state index >= 15 is 0 Å². The van der Waals surface area contributed by atoms with E-state index in [9.17, 15) is 9.59 Å². The van der Waals surface area contributed by atoms with E-state index < -0.39 is 15.9 Å². The van der Waals surface area contributed by atoms with Gasteiger partial charge < -0.3 is 9.47 Å². The third kappa shape index (κ3) is 4.55. The van der Waals surface area contributed by atoms with Gasteiger partial charge in [-0.25, -0.2) is 4.79 Å². The maximum atomic E-state index is 11.0. The first-order chi connectivity index (χ1) is 5.93. The molecule has 0 bridgehead atoms. The van der Waals surface area contributed by atoms with Gasteiger partial charge in [0, 0.05) is 0 Å². The van der Waals surface area contributed by atoms with Gasteiger partial charge >= 0.3 is 5.97 Å². The Morgan fingerprint density at radius 2 is 2.08 bits per heavy atom. The number of esters is 1. The number of carbonyl (C=O) groups is 2. The summed E-state index contributed by atoms with van der Waals surface area (Å²) in [5.74, 6) is -0.894. The number of rotatable bonds is 4. The monoisotopic (exact) mass is 248 g/mol. The average molecular weight is 249 g/mol. The third-order valence-corrected chi connectivity index (χ3v) is 1.58. The fourth-order valence-corrected chi connectivity index (χ4v) is 0.961. The van der Waals surface area contributed by atoms with Crippen molar-refractivity contribution in [2.75, 3.05) is 6.61 Å². The van der Waals surface area contributed by atoms with Crippen LogP contribution in [0.2, 0.25) is 0 Å². The quantitative estimate of drug-likeness (QED) is 0.430. The molecule has 1 unspecified atom stereocenters. The third-order valence-electron chi connectivity index (χ3n) is 0.990. The Kier molecular flexibility index (Phi) is 5.44. The first kappa shape index (κ1) is 12.8. The van der Waals surface area contributed by atoms with Crippen LogP contribution in [-0.2, 0) is 19.1 Å². The van der Waals surface area contributed by atoms with Gasteiger partial charge in [0.2, 0.25) is 9.90 Å². The van der Waals surface area contributed by atoms with Crippen molar-refractivity contribution in [2.24, 2.45) is 0 Å². The second-order valence-electron chi connectivity index (χ2n) is 1.91. The lowest BCUT2D eigenvalue weighted by atomic mass is 10.4. The van der Waals surface area contributed by atoms with Gasteiger partial charge in [0.25, 0.3) is 6.47 Å². The number of ether oxygens (including phenoxy) is 2. The molecule has 0 saturated heterocycles. The van der Waals surface area contributed by atoms with E-state index in [1.807, 2.05) is 0 Å². The van der Waals surface area contributed by atoms with Crippen molar-refractivity contribution < 1.29 is 19.1 Å². The highest BCUT2D eigenvalue weighted by atomic mass is 35.6. The van der Waals surface area contributed by atoms with Crippen LogP contribution in [0.25, 0.3) is 0 Å². The molecule has 0 amide bonds. The number of hydrogen-bond acceptors (Lipinski definition) is 4. The molecule has 0 heterocycles. The Hall–Kier alpha value is -0.190. The molecule has 0 aromatic rings. The van der Waals surface area contributed by atoms with Gasteiger partial charge in [-0.05, 0) is 6.92 Å². The van der Waals surface area contributed by atoms with Crippen LogP contribution in [0, 0.1) is 0 Å². The maximum Gasteiger partial charge on any atom is 0.352 e. The van der Waals surface area contributed by atoms with E-state index in [1.54, 1.807) is 6.92 Å². The highest BCUT2D eigenvalue weighted by molar-refractivity contribution is 6.68. The minimum atomic E-state index is -2.02. The molecular weight excluding hydrogens is 242 g/mol. The van der Waals surface area contributed by atoms with Crippen molar-refractivity contribution in [3.8, 4) is 0 Å². The minimum absolute atomic E-state index is 0.0173. The molecule has 0 aromatic heterocycles. The summed E-state index contributed by atoms with van der Waals surface area (Å²) in [7, 11) is 0. The molecule has 0 radical (unpaired) electrons. The smallest absolute Gasteiger partial charge is 0.352 e. The Balaban J connectivity index is 4.41. The predicted octanol–water partition coefficient (Wildman–Crippen LogP) is 1.46. The zero-order valence-electron chi connectivity index (χ0n) is 6.63. The van der Waals surface area contributed by atoms with Crippen molar-refractivity contribution in [1.29, 1.82) is 0 Å². The normalized spacial score (nSPS) is 13.2. The highest BCUT2D eigenvalue weighted by Crippen LogP contribution is 2.32. The molecule has 0 aliphatic rings. The molecule has 0 aliphatic carbocycles. The molecule has 4 nitrogen and oxygen atoms in total. The van der Waals surface area contributed by atoms with Crippen LogP contribution in [-0.4, -0.2) is 28.9 Å². The second-order valence-corrected chi connectivity index (χ2v) is 4.27. The topological polar surface area (TPSA) is 52.6 Å². The molecule has 0 spiro atoms. The van der Waals surface area contributed by atoms with Crippen LogP contribution >= 0.6 is 34.8 Å². The van der Waals surface area contributed by atoms with E-state index in [-0.39, 0.29) is 13.1 Å². The minimum Gasteiger partial charge on any atom is -0.463 e. The summed E-state index contributed by atoms with van der Waals surface area (Å²) in [4.78, 5) is 21.0. The van der Waals surface area contributed by atoms with E-state index in [4.69, 9.17) is 34.8 Å². The summed E-state index contributed by atoms with van der Waals surface area (Å²) in [6.45, 7) is 1.70. The largest absolute Gasteiger partial charge is 0.463 e. The Morgan fingerprint density at radius 3 is 2.38 bits per heavy atom. The summed E-state index contributed by atoms with van der Waals surface area (Å²) in [6.07, 6.45) is -1.53. The summed E-state index contributed by atoms with van der Waals surface area (Å²) in [6, 6.07) is 0. The molecule has 0 rings (SSSR count). The van der Waals surface area contributed by atoms with Crippen LogP contribution in [0.1, 0.15) is 6.92 Å². The Morgan fingerprint density at radius 1 is 1.54 bits per heavy atom. The van der Waals surface area contributed by atoms with Crippen molar-refractivity contribution >= 4 is 47.2 Å². The zero-order chi connectivity index (χ0) is 10.5. The van der Waals surface area contributed by atoms with Gasteiger partial charge in [-0.15, -0.1) is 0 Å². The summed E-state index contributed by atoms with van der Waals surface area (Å²) in [5, 5.41) is 0. The van der Waals surface area contributed by atoms with Crippen molar-refractivity contribution in [2.45, 2.75) is 16.8 Å². The molecule has 0 N–H and O–H groups in total. The molecule has 1 atom stereocenters. The fourth-order valence-electron chi connectivity index (χ4n) is 0.540. The van der Waals surface area contributed by atoms with Gasteiger partial charge in [0.05, 0.1) is 6.61 Å². The number of halogens is 3. The zero-order valence-corrected chi connectivity index (χ0v) is 8.90. The lowest BCUT2D eigenvalue weighted by Crippen LogP contribution is -2.38. The molecule has 0 aliphatic heterocycles. The van der Waals surface area contributed by atoms with Crippen LogP contribution in [0.3, 0.4) is 0 Å². The van der Waals surface area contributed by atoms with E-state index in [1.165, 1.54) is 0 Å². The van der Waals surface area contributed by atoms with Crippen LogP contribution in [0.5, 0.6) is 0 Å². The maximum absolute atomic E-state index is 11.0. The summed E-state index contributed by atoms with van der Waals surface area (Å²) >= 11 is 16.1. The van der Waals surface area contributed by atoms with Crippen LogP contribution in [0.15, 0.2) is 0 Å². The van der Waals surface area contributed by atoms with Gasteiger partial charge in [-0.1, -0.05) is 34.8 Å². The lowest BCUT2D eigenvalue weighted by Gasteiger charge is -2.20. The van der Waals surface area contributed by atoms with Gasteiger partial charge in [-0.2, -0.15) is 0 Å². The Bertz CT molecular complexity index is 189. The van der Waals surface area contributed by atoms with E-state index in [0.29, 0.717) is 0 Å². The number of hydrogen-bond donors (Lipinski definition) is 0. The molecule has 0 saturated carbocycles. The van der Waals surface area contributed by atoms with Crippen LogP contribution < -0.4 is 0 Å². The average Bonchev–Trinajstić information content (AvgIpc) is 1.98. The molecule has 76 valence electrons. The van der Waals surface area contributed by atoms with Crippen molar-refractivity contribution in [3.63, 3.8) is 0 Å². The van der Waals surface area contributed by atoms with Crippen LogP contribution in [0.4, 0.5) is 0 Å². The molecule has 7 heteroatoms.